The highest BCUT2D eigenvalue weighted by molar-refractivity contribution is 5.95. The van der Waals surface area contributed by atoms with Gasteiger partial charge in [0.15, 0.2) is 5.78 Å². The standard InChI is InChI=1S/C15H21NO3/c1-3-9-16-10-13(17)11-19-14-7-5-12(6-8-14)15(18)4-2/h3,5-8,13,16-17H,1,4,9-11H2,2H3/t13-/m1/s1. The van der Waals surface area contributed by atoms with Crippen molar-refractivity contribution in [1.82, 2.24) is 5.32 Å². The smallest absolute Gasteiger partial charge is 0.162 e. The Kier molecular flexibility index (Phi) is 6.85. The van der Waals surface area contributed by atoms with Crippen molar-refractivity contribution in [3.8, 4) is 5.75 Å². The number of carbonyl (C=O) groups is 1. The normalized spacial score (nSPS) is 11.9. The molecule has 19 heavy (non-hydrogen) atoms. The second-order valence-electron chi connectivity index (χ2n) is 4.21. The lowest BCUT2D eigenvalue weighted by Crippen LogP contribution is -2.31. The molecule has 4 nitrogen and oxygen atoms in total. The molecule has 0 fully saturated rings. The largest absolute Gasteiger partial charge is 0.491 e. The van der Waals surface area contributed by atoms with E-state index in [1.807, 2.05) is 6.92 Å². The highest BCUT2D eigenvalue weighted by Crippen LogP contribution is 2.13. The van der Waals surface area contributed by atoms with Crippen molar-refractivity contribution < 1.29 is 14.6 Å². The molecular weight excluding hydrogens is 242 g/mol. The zero-order chi connectivity index (χ0) is 14.1. The van der Waals surface area contributed by atoms with Crippen molar-refractivity contribution in [3.05, 3.63) is 42.5 Å². The summed E-state index contributed by atoms with van der Waals surface area (Å²) in [5, 5.41) is 12.7. The molecule has 0 aliphatic carbocycles. The van der Waals surface area contributed by atoms with Crippen LogP contribution in [0.15, 0.2) is 36.9 Å². The number of benzene rings is 1. The number of aliphatic hydroxyl groups excluding tert-OH is 1. The molecule has 1 rings (SSSR count). The van der Waals surface area contributed by atoms with Gasteiger partial charge >= 0.3 is 0 Å². The monoisotopic (exact) mass is 263 g/mol. The molecule has 0 radical (unpaired) electrons. The van der Waals surface area contributed by atoms with E-state index in [9.17, 15) is 9.90 Å². The van der Waals surface area contributed by atoms with Crippen LogP contribution in [0.5, 0.6) is 5.75 Å². The Morgan fingerprint density at radius 2 is 2.16 bits per heavy atom. The minimum atomic E-state index is -0.572. The zero-order valence-corrected chi connectivity index (χ0v) is 11.3. The van der Waals surface area contributed by atoms with Gasteiger partial charge in [-0.05, 0) is 24.3 Å². The van der Waals surface area contributed by atoms with Crippen LogP contribution in [0.3, 0.4) is 0 Å². The molecule has 4 heteroatoms. The van der Waals surface area contributed by atoms with Gasteiger partial charge < -0.3 is 15.2 Å². The fourth-order valence-electron chi connectivity index (χ4n) is 1.54. The molecule has 0 saturated heterocycles. The van der Waals surface area contributed by atoms with Gasteiger partial charge in [-0.15, -0.1) is 6.58 Å². The average molecular weight is 263 g/mol. The van der Waals surface area contributed by atoms with Crippen LogP contribution in [-0.4, -0.2) is 36.7 Å². The lowest BCUT2D eigenvalue weighted by atomic mass is 10.1. The van der Waals surface area contributed by atoms with Crippen molar-refractivity contribution in [1.29, 1.82) is 0 Å². The van der Waals surface area contributed by atoms with Crippen molar-refractivity contribution in [2.75, 3.05) is 19.7 Å². The van der Waals surface area contributed by atoms with Crippen molar-refractivity contribution in [2.24, 2.45) is 0 Å². The highest BCUT2D eigenvalue weighted by Gasteiger charge is 2.06. The average Bonchev–Trinajstić information content (AvgIpc) is 2.45. The molecule has 0 spiro atoms. The number of hydrogen-bond donors (Lipinski definition) is 2. The lowest BCUT2D eigenvalue weighted by Gasteiger charge is -2.12. The summed E-state index contributed by atoms with van der Waals surface area (Å²) >= 11 is 0. The summed E-state index contributed by atoms with van der Waals surface area (Å²) in [4.78, 5) is 11.4. The first kappa shape index (κ1) is 15.4. The van der Waals surface area contributed by atoms with E-state index in [2.05, 4.69) is 11.9 Å². The van der Waals surface area contributed by atoms with Gasteiger partial charge in [0.25, 0.3) is 0 Å². The molecular formula is C15H21NO3. The molecule has 1 aromatic rings. The van der Waals surface area contributed by atoms with Gasteiger partial charge in [0, 0.05) is 25.1 Å². The summed E-state index contributed by atoms with van der Waals surface area (Å²) in [5.41, 5.74) is 0.683. The maximum absolute atomic E-state index is 11.4. The Bertz CT molecular complexity index is 400. The van der Waals surface area contributed by atoms with Gasteiger partial charge in [0.1, 0.15) is 18.5 Å². The zero-order valence-electron chi connectivity index (χ0n) is 11.3. The van der Waals surface area contributed by atoms with Gasteiger partial charge in [-0.1, -0.05) is 13.0 Å². The first-order valence-corrected chi connectivity index (χ1v) is 6.43. The first-order chi connectivity index (χ1) is 9.17. The molecule has 104 valence electrons. The van der Waals surface area contributed by atoms with Crippen LogP contribution < -0.4 is 10.1 Å². The fraction of sp³-hybridized carbons (Fsp3) is 0.400. The van der Waals surface area contributed by atoms with Crippen LogP contribution in [0.2, 0.25) is 0 Å². The van der Waals surface area contributed by atoms with Crippen LogP contribution in [0.25, 0.3) is 0 Å². The maximum atomic E-state index is 11.4. The van der Waals surface area contributed by atoms with E-state index in [0.717, 1.165) is 0 Å². The topological polar surface area (TPSA) is 58.6 Å². The minimum absolute atomic E-state index is 0.111. The predicted octanol–water partition coefficient (Wildman–Crippen LogP) is 1.79. The Morgan fingerprint density at radius 1 is 1.47 bits per heavy atom. The summed E-state index contributed by atoms with van der Waals surface area (Å²) < 4.78 is 5.44. The van der Waals surface area contributed by atoms with Crippen molar-refractivity contribution >= 4 is 5.78 Å². The third kappa shape index (κ3) is 5.68. The summed E-state index contributed by atoms with van der Waals surface area (Å²) in [5.74, 6) is 0.760. The Balaban J connectivity index is 2.37. The molecule has 0 unspecified atom stereocenters. The van der Waals surface area contributed by atoms with Crippen LogP contribution in [-0.2, 0) is 0 Å². The number of ether oxygens (including phenoxy) is 1. The van der Waals surface area contributed by atoms with Crippen LogP contribution in [0.1, 0.15) is 23.7 Å². The number of aliphatic hydroxyl groups is 1. The molecule has 2 N–H and O–H groups in total. The van der Waals surface area contributed by atoms with Crippen molar-refractivity contribution in [2.45, 2.75) is 19.4 Å². The molecule has 1 aromatic carbocycles. The molecule has 0 amide bonds. The van der Waals surface area contributed by atoms with Gasteiger partial charge in [0.05, 0.1) is 0 Å². The Labute approximate surface area is 114 Å². The van der Waals surface area contributed by atoms with E-state index < -0.39 is 6.10 Å². The number of rotatable bonds is 9. The molecule has 1 atom stereocenters. The molecule has 0 heterocycles. The van der Waals surface area contributed by atoms with Gasteiger partial charge in [-0.2, -0.15) is 0 Å². The SMILES string of the molecule is C=CCNC[C@@H](O)COc1ccc(C(=O)CC)cc1. The molecule has 0 aromatic heterocycles. The van der Waals surface area contributed by atoms with Crippen LogP contribution >= 0.6 is 0 Å². The maximum Gasteiger partial charge on any atom is 0.162 e. The van der Waals surface area contributed by atoms with E-state index in [-0.39, 0.29) is 12.4 Å². The van der Waals surface area contributed by atoms with E-state index in [1.165, 1.54) is 0 Å². The molecule has 0 aliphatic heterocycles. The number of carbonyl (C=O) groups excluding carboxylic acids is 1. The predicted molar refractivity (Wildman–Crippen MR) is 75.6 cm³/mol. The second-order valence-corrected chi connectivity index (χ2v) is 4.21. The lowest BCUT2D eigenvalue weighted by molar-refractivity contribution is 0.0987. The van der Waals surface area contributed by atoms with Gasteiger partial charge in [-0.3, -0.25) is 4.79 Å². The van der Waals surface area contributed by atoms with Gasteiger partial charge in [-0.25, -0.2) is 0 Å². The Morgan fingerprint density at radius 3 is 2.74 bits per heavy atom. The third-order valence-electron chi connectivity index (χ3n) is 2.61. The quantitative estimate of drug-likeness (QED) is 0.405. The minimum Gasteiger partial charge on any atom is -0.491 e. The fourth-order valence-corrected chi connectivity index (χ4v) is 1.54. The van der Waals surface area contributed by atoms with E-state index in [0.29, 0.717) is 30.8 Å². The summed E-state index contributed by atoms with van der Waals surface area (Å²) in [7, 11) is 0. The van der Waals surface area contributed by atoms with Crippen LogP contribution in [0, 0.1) is 0 Å². The summed E-state index contributed by atoms with van der Waals surface area (Å²) in [6, 6.07) is 6.96. The molecule has 0 bridgehead atoms. The van der Waals surface area contributed by atoms with Gasteiger partial charge in [0.2, 0.25) is 0 Å². The number of hydrogen-bond acceptors (Lipinski definition) is 4. The Hall–Kier alpha value is -1.65. The van der Waals surface area contributed by atoms with Crippen LogP contribution in [0.4, 0.5) is 0 Å². The highest BCUT2D eigenvalue weighted by atomic mass is 16.5. The van der Waals surface area contributed by atoms with E-state index >= 15 is 0 Å². The number of Topliss-reactive ketones (excluding diaryl/α,β-unsaturated/α-hetero) is 1. The number of ketones is 1. The number of nitrogens with one attached hydrogen (secondary N) is 1. The summed E-state index contributed by atoms with van der Waals surface area (Å²) in [6.45, 7) is 6.74. The molecule has 0 aliphatic rings. The first-order valence-electron chi connectivity index (χ1n) is 6.43. The van der Waals surface area contributed by atoms with E-state index in [1.54, 1.807) is 30.3 Å². The third-order valence-corrected chi connectivity index (χ3v) is 2.61. The molecule has 0 saturated carbocycles. The van der Waals surface area contributed by atoms with E-state index in [4.69, 9.17) is 4.74 Å². The van der Waals surface area contributed by atoms with Crippen molar-refractivity contribution in [3.63, 3.8) is 0 Å². The summed E-state index contributed by atoms with van der Waals surface area (Å²) in [6.07, 6.45) is 1.65. The second kappa shape index (κ2) is 8.45.